The van der Waals surface area contributed by atoms with Crippen LogP contribution in [0.5, 0.6) is 0 Å². The fourth-order valence-corrected chi connectivity index (χ4v) is 14.9. The van der Waals surface area contributed by atoms with Crippen LogP contribution < -0.4 is 0 Å². The first-order chi connectivity index (χ1) is 35.0. The molecule has 0 aromatic carbocycles. The van der Waals surface area contributed by atoms with E-state index in [1.54, 1.807) is 0 Å². The Kier molecular flexibility index (Phi) is 17.4. The number of aliphatic hydroxyl groups excluding tert-OH is 13. The highest BCUT2D eigenvalue weighted by Crippen LogP contribution is 2.70. The van der Waals surface area contributed by atoms with Crippen molar-refractivity contribution >= 4 is 0 Å². The molecule has 4 aliphatic carbocycles. The lowest BCUT2D eigenvalue weighted by Gasteiger charge is -2.58. The van der Waals surface area contributed by atoms with E-state index in [1.807, 2.05) is 6.92 Å². The molecular formula is C51H84O23. The number of allylic oxidation sites excluding steroid dienone is 1. The van der Waals surface area contributed by atoms with Gasteiger partial charge in [-0.15, -0.1) is 0 Å². The molecule has 3 saturated carbocycles. The molecule has 5 saturated heterocycles. The van der Waals surface area contributed by atoms with Gasteiger partial charge >= 0.3 is 0 Å². The molecule has 23 nitrogen and oxygen atoms in total. The molecular weight excluding hydrogens is 981 g/mol. The molecule has 23 heteroatoms. The van der Waals surface area contributed by atoms with Crippen molar-refractivity contribution in [2.75, 3.05) is 26.4 Å². The first-order valence-corrected chi connectivity index (χ1v) is 26.9. The zero-order chi connectivity index (χ0) is 53.5. The minimum atomic E-state index is -1.75. The molecule has 0 radical (unpaired) electrons. The highest BCUT2D eigenvalue weighted by atomic mass is 16.8. The summed E-state index contributed by atoms with van der Waals surface area (Å²) >= 11 is 0. The Morgan fingerprint density at radius 3 is 1.89 bits per heavy atom. The number of aliphatic hydroxyl groups is 14. The number of ether oxygens (including phenoxy) is 9. The van der Waals surface area contributed by atoms with Gasteiger partial charge in [0.2, 0.25) is 0 Å². The third-order valence-electron chi connectivity index (χ3n) is 19.5. The van der Waals surface area contributed by atoms with Crippen LogP contribution in [0.15, 0.2) is 11.6 Å². The summed E-state index contributed by atoms with van der Waals surface area (Å²) in [6.07, 6.45) is -21.6. The van der Waals surface area contributed by atoms with E-state index in [2.05, 4.69) is 26.8 Å². The molecule has 0 amide bonds. The van der Waals surface area contributed by atoms with Gasteiger partial charge in [0.05, 0.1) is 44.7 Å². The highest BCUT2D eigenvalue weighted by Gasteiger charge is 2.68. The van der Waals surface area contributed by atoms with Gasteiger partial charge in [0.15, 0.2) is 30.9 Å². The number of hydrogen-bond acceptors (Lipinski definition) is 23. The Morgan fingerprint density at radius 1 is 0.649 bits per heavy atom. The lowest BCUT2D eigenvalue weighted by atomic mass is 9.47. The van der Waals surface area contributed by atoms with Crippen molar-refractivity contribution in [2.45, 2.75) is 233 Å². The molecule has 74 heavy (non-hydrogen) atoms. The van der Waals surface area contributed by atoms with Gasteiger partial charge in [0, 0.05) is 12.3 Å². The number of hydrogen-bond donors (Lipinski definition) is 14. The van der Waals surface area contributed by atoms with E-state index in [9.17, 15) is 71.5 Å². The minimum Gasteiger partial charge on any atom is -0.394 e. The summed E-state index contributed by atoms with van der Waals surface area (Å²) in [6.45, 7) is 8.62. The predicted octanol–water partition coefficient (Wildman–Crippen LogP) is -3.01. The Labute approximate surface area is 430 Å². The molecule has 5 heterocycles. The zero-order valence-corrected chi connectivity index (χ0v) is 42.9. The largest absolute Gasteiger partial charge is 0.394 e. The maximum atomic E-state index is 12.1. The van der Waals surface area contributed by atoms with Gasteiger partial charge in [-0.3, -0.25) is 0 Å². The highest BCUT2D eigenvalue weighted by molar-refractivity contribution is 5.26. The van der Waals surface area contributed by atoms with Crippen LogP contribution in [0.2, 0.25) is 0 Å². The Bertz CT molecular complexity index is 1920. The number of rotatable bonds is 15. The van der Waals surface area contributed by atoms with E-state index in [4.69, 9.17) is 42.6 Å². The van der Waals surface area contributed by atoms with Crippen LogP contribution in [-0.4, -0.2) is 239 Å². The Balaban J connectivity index is 0.841. The fourth-order valence-electron chi connectivity index (χ4n) is 14.9. The summed E-state index contributed by atoms with van der Waals surface area (Å²) in [5, 5.41) is 148. The maximum absolute atomic E-state index is 12.1. The maximum Gasteiger partial charge on any atom is 0.187 e. The minimum absolute atomic E-state index is 0.0705. The molecule has 426 valence electrons. The van der Waals surface area contributed by atoms with Crippen molar-refractivity contribution in [3.8, 4) is 0 Å². The summed E-state index contributed by atoms with van der Waals surface area (Å²) in [5.41, 5.74) is 1.02. The van der Waals surface area contributed by atoms with Crippen LogP contribution in [0.3, 0.4) is 0 Å². The second kappa shape index (κ2) is 22.4. The first kappa shape index (κ1) is 57.5. The quantitative estimate of drug-likeness (QED) is 0.0727. The lowest BCUT2D eigenvalue weighted by Crippen LogP contribution is -2.65. The molecule has 9 aliphatic rings. The standard InChI is InChI=1S/C51H84O23/c1-20(18-66-45-41(62)38(59)34(55)29(16-52)70-45)8-13-51(65)21(2)32-28(74-51)15-27-25-7-6-23-14-24(9-11-49(23,4)26(25)10-12-50(27,32)5)69-48-44(73-47-43(64)37(58)33(54)22(3)68-47)40(61)36(57)31(72-48)19-67-46-42(63)39(60)35(56)30(17-53)71-46/h6,20-22,24-48,52-65H,7-19H2,1-5H3/t20-,21+,22+,24+,25-,26+,27+,28+,29-,30-,31-,32+,33+,34-,35-,36-,37-,38+,39+,40+,41-,42-,43-,44-,45-,46-,47+,48-,49+,50+,51-/m1/s1. The van der Waals surface area contributed by atoms with E-state index in [1.165, 1.54) is 12.5 Å². The normalized spacial score (nSPS) is 54.9. The molecule has 9 rings (SSSR count). The van der Waals surface area contributed by atoms with Crippen LogP contribution >= 0.6 is 0 Å². The van der Waals surface area contributed by atoms with Crippen molar-refractivity contribution in [1.29, 1.82) is 0 Å². The van der Waals surface area contributed by atoms with Gasteiger partial charge in [-0.1, -0.05) is 39.3 Å². The Morgan fingerprint density at radius 2 is 1.24 bits per heavy atom. The van der Waals surface area contributed by atoms with Crippen LogP contribution in [0.1, 0.15) is 92.4 Å². The van der Waals surface area contributed by atoms with Crippen molar-refractivity contribution < 1.29 is 114 Å². The summed E-state index contributed by atoms with van der Waals surface area (Å²) < 4.78 is 53.9. The van der Waals surface area contributed by atoms with Gasteiger partial charge < -0.3 is 114 Å². The topological polar surface area (TPSA) is 366 Å². The molecule has 0 unspecified atom stereocenters. The van der Waals surface area contributed by atoms with E-state index < -0.39 is 155 Å². The fraction of sp³-hybridized carbons (Fsp3) is 0.961. The third kappa shape index (κ3) is 10.3. The SMILES string of the molecule is C[C@H](CC[C@@]1(O)O[C@H]2C[C@H]3[C@@H]4CC=C5C[C@@H](O[C@@H]6O[C@H](CO[C@@H]7O[C@H](CO)[C@@H](O)[C@H](O)[C@H]7O)[C@@H](O)[C@H](O)[C@H]6O[C@@H]6O[C@@H](C)[C@H](O)[C@@H](O)[C@H]6O)CC[C@]5(C)[C@H]4CC[C@]3(C)[C@H]2[C@@H]1C)CO[C@@H]1O[C@H](CO)[C@@H](O)[C@H](O)[C@H]1O. The molecule has 8 fully saturated rings. The van der Waals surface area contributed by atoms with E-state index in [0.717, 1.165) is 32.1 Å². The van der Waals surface area contributed by atoms with Crippen LogP contribution in [-0.2, 0) is 42.6 Å². The smallest absolute Gasteiger partial charge is 0.187 e. The van der Waals surface area contributed by atoms with Crippen molar-refractivity contribution in [3.63, 3.8) is 0 Å². The molecule has 5 aliphatic heterocycles. The second-order valence-corrected chi connectivity index (χ2v) is 23.9. The molecule has 0 aromatic rings. The van der Waals surface area contributed by atoms with E-state index in [-0.39, 0.29) is 41.3 Å². The van der Waals surface area contributed by atoms with E-state index in [0.29, 0.717) is 43.4 Å². The van der Waals surface area contributed by atoms with Crippen molar-refractivity contribution in [2.24, 2.45) is 46.3 Å². The van der Waals surface area contributed by atoms with Gasteiger partial charge in [-0.25, -0.2) is 0 Å². The number of fused-ring (bicyclic) bond motifs is 7. The molecule has 0 spiro atoms. The lowest BCUT2D eigenvalue weighted by molar-refractivity contribution is -0.375. The van der Waals surface area contributed by atoms with Crippen LogP contribution in [0, 0.1) is 46.3 Å². The summed E-state index contributed by atoms with van der Waals surface area (Å²) in [5.74, 6) is -0.310. The molecule has 31 atom stereocenters. The van der Waals surface area contributed by atoms with Gasteiger partial charge in [0.1, 0.15) is 91.6 Å². The molecule has 0 bridgehead atoms. The van der Waals surface area contributed by atoms with Crippen molar-refractivity contribution in [1.82, 2.24) is 0 Å². The van der Waals surface area contributed by atoms with Gasteiger partial charge in [0.25, 0.3) is 0 Å². The summed E-state index contributed by atoms with van der Waals surface area (Å²) in [6, 6.07) is 0. The van der Waals surface area contributed by atoms with E-state index >= 15 is 0 Å². The Hall–Kier alpha value is -1.18. The second-order valence-electron chi connectivity index (χ2n) is 23.9. The molecule has 14 N–H and O–H groups in total. The van der Waals surface area contributed by atoms with Crippen molar-refractivity contribution in [3.05, 3.63) is 11.6 Å². The van der Waals surface area contributed by atoms with Crippen LogP contribution in [0.25, 0.3) is 0 Å². The third-order valence-corrected chi connectivity index (χ3v) is 19.5. The average Bonchev–Trinajstić information content (AvgIpc) is 3.82. The zero-order valence-electron chi connectivity index (χ0n) is 42.9. The predicted molar refractivity (Wildman–Crippen MR) is 250 cm³/mol. The van der Waals surface area contributed by atoms with Gasteiger partial charge in [-0.2, -0.15) is 0 Å². The summed E-state index contributed by atoms with van der Waals surface area (Å²) in [7, 11) is 0. The van der Waals surface area contributed by atoms with Crippen LogP contribution in [0.4, 0.5) is 0 Å². The van der Waals surface area contributed by atoms with Gasteiger partial charge in [-0.05, 0) is 98.7 Å². The molecule has 0 aromatic heterocycles. The monoisotopic (exact) mass is 1060 g/mol. The average molecular weight is 1070 g/mol. The first-order valence-electron chi connectivity index (χ1n) is 26.9. The summed E-state index contributed by atoms with van der Waals surface area (Å²) in [4.78, 5) is 0.